The largest absolute Gasteiger partial charge is 0.395 e. The van der Waals surface area contributed by atoms with Crippen LogP contribution in [0.3, 0.4) is 0 Å². The van der Waals surface area contributed by atoms with Gasteiger partial charge in [0, 0.05) is 49.7 Å². The molecule has 2 heterocycles. The molecule has 0 aromatic heterocycles. The fraction of sp³-hybridized carbons (Fsp3) is 0.750. The Bertz CT molecular complexity index is 1090. The van der Waals surface area contributed by atoms with Crippen LogP contribution in [0.25, 0.3) is 0 Å². The van der Waals surface area contributed by atoms with Crippen molar-refractivity contribution >= 4 is 11.8 Å². The number of rotatable bonds is 6. The van der Waals surface area contributed by atoms with Crippen LogP contribution in [0, 0.1) is 28.4 Å². The average Bonchev–Trinajstić information content (AvgIpc) is 3.53. The van der Waals surface area contributed by atoms with Crippen LogP contribution in [-0.4, -0.2) is 82.0 Å². The zero-order chi connectivity index (χ0) is 29.6. The van der Waals surface area contributed by atoms with E-state index in [2.05, 4.69) is 39.5 Å². The summed E-state index contributed by atoms with van der Waals surface area (Å²) >= 11 is 0. The maximum Gasteiger partial charge on any atom is 0.231 e. The highest BCUT2D eigenvalue weighted by atomic mass is 19.1. The quantitative estimate of drug-likeness (QED) is 0.519. The zero-order valence-corrected chi connectivity index (χ0v) is 25.5. The molecule has 1 N–H and O–H groups in total. The van der Waals surface area contributed by atoms with E-state index in [9.17, 15) is 23.5 Å². The molecule has 0 spiro atoms. The molecule has 1 aromatic rings. The van der Waals surface area contributed by atoms with Crippen molar-refractivity contribution in [1.82, 2.24) is 14.7 Å². The topological polar surface area (TPSA) is 64.1 Å². The smallest absolute Gasteiger partial charge is 0.231 e. The number of aliphatic hydroxyl groups excluding tert-OH is 1. The summed E-state index contributed by atoms with van der Waals surface area (Å²) in [6.07, 6.45) is 4.59. The van der Waals surface area contributed by atoms with Crippen LogP contribution in [0.1, 0.15) is 92.1 Å². The number of amides is 2. The van der Waals surface area contributed by atoms with Gasteiger partial charge in [-0.15, -0.1) is 0 Å². The van der Waals surface area contributed by atoms with Gasteiger partial charge in [0.2, 0.25) is 11.8 Å². The first-order chi connectivity index (χ1) is 18.5. The molecule has 1 unspecified atom stereocenters. The summed E-state index contributed by atoms with van der Waals surface area (Å²) in [5, 5.41) is 10.0. The third kappa shape index (κ3) is 6.38. The Morgan fingerprint density at radius 1 is 1.00 bits per heavy atom. The lowest BCUT2D eigenvalue weighted by molar-refractivity contribution is -0.149. The van der Waals surface area contributed by atoms with E-state index in [4.69, 9.17) is 0 Å². The van der Waals surface area contributed by atoms with Crippen LogP contribution >= 0.6 is 0 Å². The molecule has 1 aromatic carbocycles. The molecular formula is C32H49F2N3O3. The van der Waals surface area contributed by atoms with E-state index in [1.165, 1.54) is 12.1 Å². The van der Waals surface area contributed by atoms with Crippen LogP contribution in [-0.2, 0) is 9.59 Å². The fourth-order valence-electron chi connectivity index (χ4n) is 6.83. The van der Waals surface area contributed by atoms with Gasteiger partial charge in [-0.3, -0.25) is 14.5 Å². The number of hydrogen-bond donors (Lipinski definition) is 1. The maximum atomic E-state index is 15.0. The van der Waals surface area contributed by atoms with Crippen molar-refractivity contribution in [3.8, 4) is 0 Å². The van der Waals surface area contributed by atoms with Gasteiger partial charge >= 0.3 is 0 Å². The lowest BCUT2D eigenvalue weighted by Gasteiger charge is -2.45. The molecule has 3 atom stereocenters. The van der Waals surface area contributed by atoms with Gasteiger partial charge in [0.15, 0.2) is 0 Å². The van der Waals surface area contributed by atoms with Crippen LogP contribution in [0.2, 0.25) is 0 Å². The predicted molar refractivity (Wildman–Crippen MR) is 153 cm³/mol. The summed E-state index contributed by atoms with van der Waals surface area (Å²) in [4.78, 5) is 34.0. The monoisotopic (exact) mass is 561 g/mol. The molecule has 40 heavy (non-hydrogen) atoms. The summed E-state index contributed by atoms with van der Waals surface area (Å²) in [6, 6.07) is 3.63. The van der Waals surface area contributed by atoms with Crippen LogP contribution in [0.4, 0.5) is 8.78 Å². The molecule has 0 bridgehead atoms. The van der Waals surface area contributed by atoms with Gasteiger partial charge in [-0.05, 0) is 83.8 Å². The fourth-order valence-corrected chi connectivity index (χ4v) is 6.83. The maximum absolute atomic E-state index is 15.0. The van der Waals surface area contributed by atoms with E-state index in [-0.39, 0.29) is 47.4 Å². The van der Waals surface area contributed by atoms with Crippen molar-refractivity contribution in [3.63, 3.8) is 0 Å². The van der Waals surface area contributed by atoms with Crippen molar-refractivity contribution in [2.75, 3.05) is 32.8 Å². The number of hydrogen-bond acceptors (Lipinski definition) is 4. The van der Waals surface area contributed by atoms with E-state index in [0.717, 1.165) is 31.7 Å². The van der Waals surface area contributed by atoms with Crippen molar-refractivity contribution in [3.05, 3.63) is 35.4 Å². The number of halogens is 2. The molecule has 0 radical (unpaired) electrons. The van der Waals surface area contributed by atoms with Crippen LogP contribution < -0.4 is 0 Å². The lowest BCUT2D eigenvalue weighted by Crippen LogP contribution is -2.55. The standard InChI is InChI=1S/C32H49F2N3O3/c1-30(2,3)36-18-25(24-9-8-21(33)16-27(24)34)26(19-36)28(39)35-15-12-23(17-35)37(29(40)32(6,7)20-38)22-10-13-31(4,5)14-11-22/h8-9,16,22-23,25-26,38H,10-15,17-20H2,1-7H3/t23?,25-,26+/m0/s1. The highest BCUT2D eigenvalue weighted by molar-refractivity contribution is 5.84. The Kier molecular flexibility index (Phi) is 8.74. The SMILES string of the molecule is CC1(C)CCC(N(C(=O)C(C)(C)CO)C2CCN(C(=O)[C@@H]3CN(C(C)(C)C)C[C@H]3c3ccc(F)cc3F)C2)CC1. The Morgan fingerprint density at radius 2 is 1.65 bits per heavy atom. The summed E-state index contributed by atoms with van der Waals surface area (Å²) in [6.45, 7) is 16.1. The molecule has 1 aliphatic carbocycles. The number of nitrogens with zero attached hydrogens (tertiary/aromatic N) is 3. The molecule has 8 heteroatoms. The van der Waals surface area contributed by atoms with Gasteiger partial charge in [0.25, 0.3) is 0 Å². The summed E-state index contributed by atoms with van der Waals surface area (Å²) in [5.74, 6) is -2.14. The summed E-state index contributed by atoms with van der Waals surface area (Å²) in [5.41, 5.74) is -0.463. The summed E-state index contributed by atoms with van der Waals surface area (Å²) in [7, 11) is 0. The van der Waals surface area contributed by atoms with Gasteiger partial charge < -0.3 is 14.9 Å². The van der Waals surface area contributed by atoms with Crippen LogP contribution in [0.15, 0.2) is 18.2 Å². The Morgan fingerprint density at radius 3 is 2.23 bits per heavy atom. The molecule has 2 saturated heterocycles. The minimum absolute atomic E-state index is 0.0263. The number of aliphatic hydroxyl groups is 1. The highest BCUT2D eigenvalue weighted by Gasteiger charge is 2.48. The molecule has 3 fully saturated rings. The molecule has 224 valence electrons. The predicted octanol–water partition coefficient (Wildman–Crippen LogP) is 5.20. The molecule has 1 saturated carbocycles. The Balaban J connectivity index is 1.57. The van der Waals surface area contributed by atoms with Gasteiger partial charge in [0.1, 0.15) is 11.6 Å². The summed E-state index contributed by atoms with van der Waals surface area (Å²) < 4.78 is 28.7. The highest BCUT2D eigenvalue weighted by Crippen LogP contribution is 2.41. The normalized spacial score (nSPS) is 26.4. The van der Waals surface area contributed by atoms with E-state index >= 15 is 0 Å². The average molecular weight is 562 g/mol. The minimum atomic E-state index is -0.895. The first-order valence-corrected chi connectivity index (χ1v) is 15.0. The van der Waals surface area contributed by atoms with Gasteiger partial charge in [-0.2, -0.15) is 0 Å². The third-order valence-electron chi connectivity index (χ3n) is 9.73. The molecule has 2 aliphatic heterocycles. The minimum Gasteiger partial charge on any atom is -0.395 e. The van der Waals surface area contributed by atoms with Gasteiger partial charge in [0.05, 0.1) is 24.0 Å². The number of benzene rings is 1. The second-order valence-corrected chi connectivity index (χ2v) is 14.8. The molecule has 6 nitrogen and oxygen atoms in total. The molecule has 3 aliphatic rings. The van der Waals surface area contributed by atoms with Crippen LogP contribution in [0.5, 0.6) is 0 Å². The van der Waals surface area contributed by atoms with Gasteiger partial charge in [-0.1, -0.05) is 19.9 Å². The van der Waals surface area contributed by atoms with Gasteiger partial charge in [-0.25, -0.2) is 8.78 Å². The van der Waals surface area contributed by atoms with E-state index in [1.54, 1.807) is 13.8 Å². The zero-order valence-electron chi connectivity index (χ0n) is 25.5. The first-order valence-electron chi connectivity index (χ1n) is 15.0. The van der Waals surface area contributed by atoms with E-state index in [1.807, 2.05) is 9.80 Å². The molecular weight excluding hydrogens is 512 g/mol. The number of carbonyl (C=O) groups excluding carboxylic acids is 2. The van der Waals surface area contributed by atoms with Crippen molar-refractivity contribution in [2.24, 2.45) is 16.7 Å². The first kappa shape index (κ1) is 30.9. The van der Waals surface area contributed by atoms with Crippen molar-refractivity contribution < 1.29 is 23.5 Å². The number of carbonyl (C=O) groups is 2. The van der Waals surface area contributed by atoms with E-state index in [0.29, 0.717) is 38.2 Å². The number of likely N-dealkylation sites (tertiary alicyclic amines) is 2. The Labute approximate surface area is 239 Å². The van der Waals surface area contributed by atoms with Crippen molar-refractivity contribution in [1.29, 1.82) is 0 Å². The molecule has 2 amide bonds. The Hall–Kier alpha value is -2.06. The second-order valence-electron chi connectivity index (χ2n) is 14.8. The van der Waals surface area contributed by atoms with E-state index < -0.39 is 23.0 Å². The lowest BCUT2D eigenvalue weighted by atomic mass is 9.74. The third-order valence-corrected chi connectivity index (χ3v) is 9.73. The second kappa shape index (κ2) is 11.3. The molecule has 4 rings (SSSR count). The van der Waals surface area contributed by atoms with Crippen molar-refractivity contribution in [2.45, 2.75) is 104 Å².